The number of ether oxygens (including phenoxy) is 1. The van der Waals surface area contributed by atoms with Crippen molar-refractivity contribution < 1.29 is 9.53 Å². The maximum absolute atomic E-state index is 12.9. The van der Waals surface area contributed by atoms with Crippen LogP contribution >= 0.6 is 15.9 Å². The van der Waals surface area contributed by atoms with Crippen molar-refractivity contribution in [1.82, 2.24) is 0 Å². The molecule has 0 aromatic heterocycles. The Kier molecular flexibility index (Phi) is 4.84. The van der Waals surface area contributed by atoms with Crippen LogP contribution in [0.25, 0.3) is 0 Å². The molecule has 0 bridgehead atoms. The van der Waals surface area contributed by atoms with Gasteiger partial charge >= 0.3 is 0 Å². The molecule has 2 nitrogen and oxygen atoms in total. The normalized spacial score (nSPS) is 12.0. The summed E-state index contributed by atoms with van der Waals surface area (Å²) in [6.45, 7) is 5.83. The van der Waals surface area contributed by atoms with Crippen molar-refractivity contribution in [2.24, 2.45) is 0 Å². The quantitative estimate of drug-likeness (QED) is 0.723. The second kappa shape index (κ2) is 6.44. The van der Waals surface area contributed by atoms with Gasteiger partial charge in [-0.15, -0.1) is 0 Å². The number of rotatable bonds is 4. The lowest BCUT2D eigenvalue weighted by Gasteiger charge is -2.18. The van der Waals surface area contributed by atoms with Crippen LogP contribution in [0.15, 0.2) is 40.9 Å². The van der Waals surface area contributed by atoms with Crippen molar-refractivity contribution in [2.45, 2.75) is 26.7 Å². The van der Waals surface area contributed by atoms with E-state index in [0.717, 1.165) is 21.2 Å². The molecule has 2 aromatic rings. The second-order valence-electron chi connectivity index (χ2n) is 5.21. The highest BCUT2D eigenvalue weighted by atomic mass is 79.9. The first-order valence-corrected chi connectivity index (χ1v) is 7.69. The van der Waals surface area contributed by atoms with Crippen LogP contribution in [0.3, 0.4) is 0 Å². The Morgan fingerprint density at radius 1 is 1.19 bits per heavy atom. The molecule has 0 radical (unpaired) electrons. The first-order chi connectivity index (χ1) is 9.97. The van der Waals surface area contributed by atoms with Crippen LogP contribution in [-0.4, -0.2) is 12.9 Å². The fourth-order valence-electron chi connectivity index (χ4n) is 2.52. The lowest BCUT2D eigenvalue weighted by atomic mass is 9.89. The van der Waals surface area contributed by atoms with E-state index in [2.05, 4.69) is 15.9 Å². The Bertz CT molecular complexity index is 663. The third-order valence-electron chi connectivity index (χ3n) is 3.81. The van der Waals surface area contributed by atoms with Gasteiger partial charge in [0.2, 0.25) is 0 Å². The van der Waals surface area contributed by atoms with E-state index in [1.807, 2.05) is 57.2 Å². The zero-order valence-corrected chi connectivity index (χ0v) is 14.3. The highest BCUT2D eigenvalue weighted by Crippen LogP contribution is 2.35. The maximum atomic E-state index is 12.9. The van der Waals surface area contributed by atoms with Crippen LogP contribution in [0.5, 0.6) is 5.75 Å². The van der Waals surface area contributed by atoms with E-state index in [4.69, 9.17) is 4.74 Å². The predicted molar refractivity (Wildman–Crippen MR) is 89.4 cm³/mol. The number of methoxy groups -OCH3 is 1. The summed E-state index contributed by atoms with van der Waals surface area (Å²) in [6.07, 6.45) is 0. The van der Waals surface area contributed by atoms with Gasteiger partial charge in [-0.2, -0.15) is 0 Å². The molecule has 0 heterocycles. The summed E-state index contributed by atoms with van der Waals surface area (Å²) in [5.74, 6) is 0.552. The third-order valence-corrected chi connectivity index (χ3v) is 4.63. The molecule has 0 spiro atoms. The van der Waals surface area contributed by atoms with E-state index in [1.165, 1.54) is 0 Å². The van der Waals surface area contributed by atoms with Crippen LogP contribution in [0, 0.1) is 13.8 Å². The molecule has 1 unspecified atom stereocenters. The minimum absolute atomic E-state index is 0.0833. The molecule has 0 saturated carbocycles. The molecule has 0 saturated heterocycles. The lowest BCUT2D eigenvalue weighted by molar-refractivity contribution is 0.0962. The van der Waals surface area contributed by atoms with Crippen LogP contribution in [-0.2, 0) is 0 Å². The zero-order chi connectivity index (χ0) is 15.6. The molecule has 110 valence electrons. The van der Waals surface area contributed by atoms with Crippen LogP contribution < -0.4 is 4.74 Å². The molecule has 1 atom stereocenters. The average molecular weight is 347 g/mol. The van der Waals surface area contributed by atoms with Crippen molar-refractivity contribution in [3.05, 3.63) is 63.1 Å². The Labute approximate surface area is 134 Å². The Morgan fingerprint density at radius 3 is 2.38 bits per heavy atom. The van der Waals surface area contributed by atoms with Crippen molar-refractivity contribution in [2.75, 3.05) is 7.11 Å². The van der Waals surface area contributed by atoms with Crippen LogP contribution in [0.4, 0.5) is 0 Å². The van der Waals surface area contributed by atoms with Gasteiger partial charge in [0, 0.05) is 10.4 Å². The molecule has 0 fully saturated rings. The minimum Gasteiger partial charge on any atom is -0.496 e. The summed E-state index contributed by atoms with van der Waals surface area (Å²) in [6, 6.07) is 11.8. The Balaban J connectivity index is 2.53. The molecule has 0 aliphatic rings. The number of carbonyl (C=O) groups excluding carboxylic acids is 1. The van der Waals surface area contributed by atoms with Crippen LogP contribution in [0.1, 0.15) is 39.9 Å². The van der Waals surface area contributed by atoms with Crippen molar-refractivity contribution >= 4 is 21.7 Å². The van der Waals surface area contributed by atoms with Gasteiger partial charge in [-0.05, 0) is 36.6 Å². The summed E-state index contributed by atoms with van der Waals surface area (Å²) in [7, 11) is 1.61. The molecule has 0 N–H and O–H groups in total. The molecule has 0 aliphatic carbocycles. The molecule has 21 heavy (non-hydrogen) atoms. The van der Waals surface area contributed by atoms with Crippen molar-refractivity contribution in [1.29, 1.82) is 0 Å². The summed E-state index contributed by atoms with van der Waals surface area (Å²) in [4.78, 5) is 12.9. The number of hydrogen-bond acceptors (Lipinski definition) is 2. The fourth-order valence-corrected chi connectivity index (χ4v) is 3.06. The summed E-state index contributed by atoms with van der Waals surface area (Å²) >= 11 is 3.53. The van der Waals surface area contributed by atoms with E-state index >= 15 is 0 Å². The standard InChI is InChI=1S/C18H19BrO2/c1-11-10-15(19)13(3)16(18(11)21-4)17(20)12(2)14-8-6-5-7-9-14/h5-10,12H,1-4H3. The van der Waals surface area contributed by atoms with Gasteiger partial charge in [-0.3, -0.25) is 4.79 Å². The lowest BCUT2D eigenvalue weighted by Crippen LogP contribution is -2.13. The Hall–Kier alpha value is -1.61. The first-order valence-electron chi connectivity index (χ1n) is 6.90. The highest BCUT2D eigenvalue weighted by Gasteiger charge is 2.24. The van der Waals surface area contributed by atoms with Crippen LogP contribution in [0.2, 0.25) is 0 Å². The summed E-state index contributed by atoms with van der Waals surface area (Å²) in [5, 5.41) is 0. The number of Topliss-reactive ketones (excluding diaryl/α,β-unsaturated/α-hetero) is 1. The first kappa shape index (κ1) is 15.8. The van der Waals surface area contributed by atoms with Gasteiger partial charge in [0.25, 0.3) is 0 Å². The number of halogens is 1. The fraction of sp³-hybridized carbons (Fsp3) is 0.278. The molecular weight excluding hydrogens is 328 g/mol. The highest BCUT2D eigenvalue weighted by molar-refractivity contribution is 9.10. The average Bonchev–Trinajstić information content (AvgIpc) is 2.50. The van der Waals surface area contributed by atoms with Gasteiger partial charge in [0.1, 0.15) is 5.75 Å². The van der Waals surface area contributed by atoms with Gasteiger partial charge in [-0.1, -0.05) is 53.2 Å². The van der Waals surface area contributed by atoms with Crippen molar-refractivity contribution in [3.63, 3.8) is 0 Å². The van der Waals surface area contributed by atoms with Gasteiger partial charge in [0.15, 0.2) is 5.78 Å². The number of hydrogen-bond donors (Lipinski definition) is 0. The van der Waals surface area contributed by atoms with Gasteiger partial charge in [-0.25, -0.2) is 0 Å². The van der Waals surface area contributed by atoms with Gasteiger partial charge in [0.05, 0.1) is 12.7 Å². The minimum atomic E-state index is -0.201. The summed E-state index contributed by atoms with van der Waals surface area (Å²) in [5.41, 5.74) is 3.56. The molecule has 3 heteroatoms. The number of ketones is 1. The monoisotopic (exact) mass is 346 g/mol. The van der Waals surface area contributed by atoms with E-state index in [-0.39, 0.29) is 11.7 Å². The third kappa shape index (κ3) is 3.03. The largest absolute Gasteiger partial charge is 0.496 e. The molecule has 0 aliphatic heterocycles. The SMILES string of the molecule is COc1c(C)cc(Br)c(C)c1C(=O)C(C)c1ccccc1. The van der Waals surface area contributed by atoms with E-state index in [1.54, 1.807) is 7.11 Å². The van der Waals surface area contributed by atoms with Gasteiger partial charge < -0.3 is 4.74 Å². The van der Waals surface area contributed by atoms with E-state index < -0.39 is 0 Å². The Morgan fingerprint density at radius 2 is 1.81 bits per heavy atom. The second-order valence-corrected chi connectivity index (χ2v) is 6.06. The molecular formula is C18H19BrO2. The maximum Gasteiger partial charge on any atom is 0.174 e. The number of aryl methyl sites for hydroxylation is 1. The number of carbonyl (C=O) groups is 1. The molecule has 2 rings (SSSR count). The predicted octanol–water partition coefficient (Wildman–Crippen LogP) is 5.06. The van der Waals surface area contributed by atoms with E-state index in [9.17, 15) is 4.79 Å². The summed E-state index contributed by atoms with van der Waals surface area (Å²) < 4.78 is 6.41. The molecule has 2 aromatic carbocycles. The smallest absolute Gasteiger partial charge is 0.174 e. The topological polar surface area (TPSA) is 26.3 Å². The molecule has 0 amide bonds. The van der Waals surface area contributed by atoms with Crippen molar-refractivity contribution in [3.8, 4) is 5.75 Å². The zero-order valence-electron chi connectivity index (χ0n) is 12.7. The number of benzene rings is 2. The van der Waals surface area contributed by atoms with E-state index in [0.29, 0.717) is 11.3 Å².